The highest BCUT2D eigenvalue weighted by Gasteiger charge is 2.14. The molecule has 1 saturated heterocycles. The first-order valence-electron chi connectivity index (χ1n) is 5.37. The van der Waals surface area contributed by atoms with Gasteiger partial charge in [0.1, 0.15) is 0 Å². The molecule has 1 fully saturated rings. The number of nitrogens with zero attached hydrogens (tertiary/aromatic N) is 3. The number of anilines is 1. The number of thioether (sulfide) groups is 2. The summed E-state index contributed by atoms with van der Waals surface area (Å²) >= 11 is 4.06. The SMILES string of the molecule is Cc1nnc(NCC2CSCCS2)nc1C. The van der Waals surface area contributed by atoms with Gasteiger partial charge in [0.05, 0.1) is 11.4 Å². The molecule has 0 spiro atoms. The van der Waals surface area contributed by atoms with E-state index in [9.17, 15) is 0 Å². The molecule has 1 aromatic heterocycles. The Morgan fingerprint density at radius 2 is 2.12 bits per heavy atom. The van der Waals surface area contributed by atoms with Crippen LogP contribution < -0.4 is 5.32 Å². The molecule has 1 aromatic rings. The second kappa shape index (κ2) is 5.72. The minimum absolute atomic E-state index is 0.652. The zero-order valence-electron chi connectivity index (χ0n) is 9.56. The Morgan fingerprint density at radius 1 is 1.25 bits per heavy atom. The van der Waals surface area contributed by atoms with Crippen LogP contribution >= 0.6 is 23.5 Å². The van der Waals surface area contributed by atoms with E-state index in [1.54, 1.807) is 0 Å². The Bertz CT molecular complexity index is 353. The topological polar surface area (TPSA) is 50.7 Å². The van der Waals surface area contributed by atoms with Crippen LogP contribution in [0.25, 0.3) is 0 Å². The van der Waals surface area contributed by atoms with Crippen LogP contribution in [0.15, 0.2) is 0 Å². The van der Waals surface area contributed by atoms with Crippen LogP contribution in [0, 0.1) is 13.8 Å². The first-order valence-corrected chi connectivity index (χ1v) is 7.57. The molecule has 0 amide bonds. The van der Waals surface area contributed by atoms with Crippen molar-refractivity contribution in [2.45, 2.75) is 19.1 Å². The molecule has 0 bridgehead atoms. The predicted molar refractivity (Wildman–Crippen MR) is 71.4 cm³/mol. The molecule has 1 unspecified atom stereocenters. The molecular formula is C10H16N4S2. The Kier molecular flexibility index (Phi) is 4.29. The van der Waals surface area contributed by atoms with E-state index in [1.807, 2.05) is 37.4 Å². The number of nitrogens with one attached hydrogen (secondary N) is 1. The molecule has 2 rings (SSSR count). The van der Waals surface area contributed by atoms with E-state index in [2.05, 4.69) is 20.5 Å². The Labute approximate surface area is 104 Å². The van der Waals surface area contributed by atoms with E-state index in [0.717, 1.165) is 17.9 Å². The summed E-state index contributed by atoms with van der Waals surface area (Å²) in [6, 6.07) is 0. The quantitative estimate of drug-likeness (QED) is 0.889. The fourth-order valence-electron chi connectivity index (χ4n) is 1.39. The smallest absolute Gasteiger partial charge is 0.243 e. The van der Waals surface area contributed by atoms with Gasteiger partial charge in [-0.25, -0.2) is 4.98 Å². The number of rotatable bonds is 3. The van der Waals surface area contributed by atoms with Crippen LogP contribution in [-0.2, 0) is 0 Å². The highest BCUT2D eigenvalue weighted by Crippen LogP contribution is 2.23. The van der Waals surface area contributed by atoms with Crippen LogP contribution in [0.2, 0.25) is 0 Å². The van der Waals surface area contributed by atoms with Gasteiger partial charge in [0.2, 0.25) is 5.95 Å². The molecule has 1 aliphatic heterocycles. The Hall–Kier alpha value is -0.490. The van der Waals surface area contributed by atoms with Gasteiger partial charge >= 0.3 is 0 Å². The molecule has 0 aliphatic carbocycles. The third kappa shape index (κ3) is 3.25. The fourth-order valence-corrected chi connectivity index (χ4v) is 4.00. The van der Waals surface area contributed by atoms with Crippen LogP contribution in [0.1, 0.15) is 11.4 Å². The molecular weight excluding hydrogens is 240 g/mol. The minimum atomic E-state index is 0.652. The van der Waals surface area contributed by atoms with Gasteiger partial charge in [0, 0.05) is 29.1 Å². The first kappa shape index (κ1) is 12.0. The van der Waals surface area contributed by atoms with Crippen molar-refractivity contribution in [2.24, 2.45) is 0 Å². The molecule has 4 nitrogen and oxygen atoms in total. The second-order valence-corrected chi connectivity index (χ2v) is 6.31. The van der Waals surface area contributed by atoms with Crippen LogP contribution in [0.5, 0.6) is 0 Å². The number of aromatic nitrogens is 3. The van der Waals surface area contributed by atoms with E-state index < -0.39 is 0 Å². The zero-order valence-corrected chi connectivity index (χ0v) is 11.2. The molecule has 2 heterocycles. The number of aryl methyl sites for hydroxylation is 2. The van der Waals surface area contributed by atoms with Crippen molar-refractivity contribution in [2.75, 3.05) is 29.1 Å². The molecule has 1 aliphatic rings. The van der Waals surface area contributed by atoms with Crippen molar-refractivity contribution >= 4 is 29.5 Å². The fraction of sp³-hybridized carbons (Fsp3) is 0.700. The summed E-state index contributed by atoms with van der Waals surface area (Å²) in [6.45, 7) is 4.81. The Balaban J connectivity index is 1.86. The first-order chi connectivity index (χ1) is 7.75. The second-order valence-electron chi connectivity index (χ2n) is 3.75. The third-order valence-electron chi connectivity index (χ3n) is 2.46. The molecule has 1 atom stereocenters. The molecule has 0 saturated carbocycles. The van der Waals surface area contributed by atoms with E-state index in [1.165, 1.54) is 17.3 Å². The van der Waals surface area contributed by atoms with E-state index >= 15 is 0 Å². The molecule has 16 heavy (non-hydrogen) atoms. The van der Waals surface area contributed by atoms with Gasteiger partial charge in [-0.3, -0.25) is 0 Å². The van der Waals surface area contributed by atoms with Crippen molar-refractivity contribution in [3.8, 4) is 0 Å². The summed E-state index contributed by atoms with van der Waals surface area (Å²) in [7, 11) is 0. The maximum Gasteiger partial charge on any atom is 0.243 e. The van der Waals surface area contributed by atoms with E-state index in [0.29, 0.717) is 11.2 Å². The lowest BCUT2D eigenvalue weighted by atomic mass is 10.4. The number of hydrogen-bond donors (Lipinski definition) is 1. The minimum Gasteiger partial charge on any atom is -0.352 e. The summed E-state index contributed by atoms with van der Waals surface area (Å²) in [4.78, 5) is 4.36. The average molecular weight is 256 g/mol. The lowest BCUT2D eigenvalue weighted by molar-refractivity contribution is 0.876. The third-order valence-corrected chi connectivity index (χ3v) is 5.31. The molecule has 6 heteroatoms. The van der Waals surface area contributed by atoms with Crippen molar-refractivity contribution < 1.29 is 0 Å². The number of hydrogen-bond acceptors (Lipinski definition) is 6. The van der Waals surface area contributed by atoms with Crippen molar-refractivity contribution in [3.05, 3.63) is 11.4 Å². The molecule has 88 valence electrons. The van der Waals surface area contributed by atoms with Crippen LogP contribution in [-0.4, -0.2) is 44.2 Å². The zero-order chi connectivity index (χ0) is 11.4. The standard InChI is InChI=1S/C10H16N4S2/c1-7-8(2)13-14-10(12-7)11-5-9-6-15-3-4-16-9/h9H,3-6H2,1-2H3,(H,11,12,14). The highest BCUT2D eigenvalue weighted by atomic mass is 32.2. The summed E-state index contributed by atoms with van der Waals surface area (Å²) in [5.41, 5.74) is 1.84. The van der Waals surface area contributed by atoms with Gasteiger partial charge in [-0.05, 0) is 13.8 Å². The van der Waals surface area contributed by atoms with E-state index in [-0.39, 0.29) is 0 Å². The summed E-state index contributed by atoms with van der Waals surface area (Å²) in [5, 5.41) is 12.0. The Morgan fingerprint density at radius 3 is 2.81 bits per heavy atom. The monoisotopic (exact) mass is 256 g/mol. The van der Waals surface area contributed by atoms with Gasteiger partial charge in [-0.15, -0.1) is 5.10 Å². The van der Waals surface area contributed by atoms with Crippen molar-refractivity contribution in [1.29, 1.82) is 0 Å². The average Bonchev–Trinajstić information content (AvgIpc) is 2.32. The maximum atomic E-state index is 4.36. The molecule has 0 aromatic carbocycles. The van der Waals surface area contributed by atoms with Gasteiger partial charge in [-0.2, -0.15) is 28.6 Å². The van der Waals surface area contributed by atoms with Gasteiger partial charge in [-0.1, -0.05) is 0 Å². The summed E-state index contributed by atoms with van der Waals surface area (Å²) in [5.74, 6) is 4.40. The van der Waals surface area contributed by atoms with Gasteiger partial charge in [0.25, 0.3) is 0 Å². The lowest BCUT2D eigenvalue weighted by Gasteiger charge is -2.20. The predicted octanol–water partition coefficient (Wildman–Crippen LogP) is 1.75. The lowest BCUT2D eigenvalue weighted by Crippen LogP contribution is -2.24. The summed E-state index contributed by atoms with van der Waals surface area (Å²) in [6.07, 6.45) is 0. The van der Waals surface area contributed by atoms with Gasteiger partial charge in [0.15, 0.2) is 0 Å². The van der Waals surface area contributed by atoms with Crippen LogP contribution in [0.3, 0.4) is 0 Å². The van der Waals surface area contributed by atoms with Crippen molar-refractivity contribution in [3.63, 3.8) is 0 Å². The van der Waals surface area contributed by atoms with E-state index in [4.69, 9.17) is 0 Å². The van der Waals surface area contributed by atoms with Crippen LogP contribution in [0.4, 0.5) is 5.95 Å². The normalized spacial score (nSPS) is 20.8. The molecule has 0 radical (unpaired) electrons. The molecule has 1 N–H and O–H groups in total. The van der Waals surface area contributed by atoms with Crippen molar-refractivity contribution in [1.82, 2.24) is 15.2 Å². The maximum absolute atomic E-state index is 4.36. The van der Waals surface area contributed by atoms with Gasteiger partial charge < -0.3 is 5.32 Å². The summed E-state index contributed by atoms with van der Waals surface area (Å²) < 4.78 is 0. The highest BCUT2D eigenvalue weighted by molar-refractivity contribution is 8.06. The largest absolute Gasteiger partial charge is 0.352 e.